The summed E-state index contributed by atoms with van der Waals surface area (Å²) in [6.45, 7) is 8.15. The fourth-order valence-corrected chi connectivity index (χ4v) is 4.29. The number of rotatable bonds is 17. The Bertz CT molecular complexity index is 405. The van der Waals surface area contributed by atoms with Crippen LogP contribution >= 0.6 is 0 Å². The molecule has 3 atom stereocenters. The molecular formula is C24H47N2O+. The van der Waals surface area contributed by atoms with E-state index in [2.05, 4.69) is 31.0 Å². The lowest BCUT2D eigenvalue weighted by Crippen LogP contribution is -2.57. The molecule has 1 N–H and O–H groups in total. The smallest absolute Gasteiger partial charge is 0.189 e. The van der Waals surface area contributed by atoms with E-state index in [1.807, 2.05) is 13.1 Å². The monoisotopic (exact) mass is 379 g/mol. The van der Waals surface area contributed by atoms with Crippen molar-refractivity contribution in [2.75, 3.05) is 13.1 Å². The molecule has 1 rings (SSSR count). The first-order valence-electron chi connectivity index (χ1n) is 11.9. The number of hydrogen-bond donors (Lipinski definition) is 1. The van der Waals surface area contributed by atoms with Crippen LogP contribution in [-0.4, -0.2) is 41.3 Å². The lowest BCUT2D eigenvalue weighted by Gasteiger charge is -2.39. The molecular weight excluding hydrogens is 332 g/mol. The van der Waals surface area contributed by atoms with Crippen LogP contribution in [0.3, 0.4) is 0 Å². The van der Waals surface area contributed by atoms with Gasteiger partial charge in [-0.05, 0) is 19.8 Å². The van der Waals surface area contributed by atoms with Crippen molar-refractivity contribution in [1.29, 1.82) is 0 Å². The van der Waals surface area contributed by atoms with Crippen LogP contribution in [0.25, 0.3) is 0 Å². The van der Waals surface area contributed by atoms with Crippen molar-refractivity contribution in [1.82, 2.24) is 0 Å². The molecule has 1 aliphatic rings. The molecule has 0 aromatic rings. The van der Waals surface area contributed by atoms with Gasteiger partial charge in [0.05, 0.1) is 12.8 Å². The van der Waals surface area contributed by atoms with Gasteiger partial charge < -0.3 is 5.11 Å². The Morgan fingerprint density at radius 2 is 1.48 bits per heavy atom. The zero-order valence-corrected chi connectivity index (χ0v) is 18.5. The van der Waals surface area contributed by atoms with Gasteiger partial charge in [0.1, 0.15) is 6.54 Å². The number of allylic oxidation sites excluding steroid dienone is 1. The fourth-order valence-electron chi connectivity index (χ4n) is 4.29. The van der Waals surface area contributed by atoms with Gasteiger partial charge in [-0.1, -0.05) is 89.7 Å². The summed E-state index contributed by atoms with van der Waals surface area (Å²) >= 11 is 0. The Balaban J connectivity index is 1.96. The zero-order chi connectivity index (χ0) is 19.8. The van der Waals surface area contributed by atoms with E-state index in [9.17, 15) is 5.11 Å². The molecule has 0 saturated carbocycles. The summed E-state index contributed by atoms with van der Waals surface area (Å²) < 4.78 is 0.697. The molecule has 0 aromatic carbocycles. The van der Waals surface area contributed by atoms with Gasteiger partial charge in [0.15, 0.2) is 12.4 Å². The molecule has 0 aliphatic carbocycles. The van der Waals surface area contributed by atoms with Crippen molar-refractivity contribution in [3.8, 4) is 0 Å². The van der Waals surface area contributed by atoms with Crippen molar-refractivity contribution in [2.24, 2.45) is 4.99 Å². The lowest BCUT2D eigenvalue weighted by molar-refractivity contribution is -0.976. The molecule has 0 aromatic heterocycles. The Hall–Kier alpha value is -0.670. The average molecular weight is 380 g/mol. The summed E-state index contributed by atoms with van der Waals surface area (Å²) in [5.41, 5.74) is 0. The highest BCUT2D eigenvalue weighted by molar-refractivity contribution is 5.60. The fraction of sp³-hybridized carbons (Fsp3) is 0.875. The van der Waals surface area contributed by atoms with Gasteiger partial charge in [-0.3, -0.25) is 4.48 Å². The molecule has 0 saturated heterocycles. The molecule has 0 fully saturated rings. The second kappa shape index (κ2) is 15.3. The highest BCUT2D eigenvalue weighted by Crippen LogP contribution is 2.25. The van der Waals surface area contributed by atoms with Crippen LogP contribution in [0, 0.1) is 0 Å². The molecule has 27 heavy (non-hydrogen) atoms. The second-order valence-corrected chi connectivity index (χ2v) is 8.43. The van der Waals surface area contributed by atoms with Crippen molar-refractivity contribution in [3.63, 3.8) is 0 Å². The first-order chi connectivity index (χ1) is 13.2. The highest BCUT2D eigenvalue weighted by atomic mass is 16.3. The molecule has 0 bridgehead atoms. The molecule has 1 heterocycles. The Labute approximate surface area is 169 Å². The maximum Gasteiger partial charge on any atom is 0.189 e. The first-order valence-corrected chi connectivity index (χ1v) is 11.9. The summed E-state index contributed by atoms with van der Waals surface area (Å²) in [6.07, 6.45) is 25.5. The maximum absolute atomic E-state index is 10.2. The van der Waals surface area contributed by atoms with Crippen LogP contribution in [0.1, 0.15) is 111 Å². The van der Waals surface area contributed by atoms with Crippen LogP contribution in [0.2, 0.25) is 0 Å². The molecule has 1 aliphatic heterocycles. The van der Waals surface area contributed by atoms with Gasteiger partial charge in [0.2, 0.25) is 0 Å². The number of aliphatic hydroxyl groups excluding tert-OH is 1. The van der Waals surface area contributed by atoms with E-state index < -0.39 is 0 Å². The number of hydrogen-bond acceptors (Lipinski definition) is 2. The van der Waals surface area contributed by atoms with Crippen molar-refractivity contribution in [2.45, 2.75) is 123 Å². The first kappa shape index (κ1) is 24.4. The zero-order valence-electron chi connectivity index (χ0n) is 18.5. The third-order valence-electron chi connectivity index (χ3n) is 6.36. The molecule has 3 heteroatoms. The van der Waals surface area contributed by atoms with E-state index in [-0.39, 0.29) is 12.4 Å². The van der Waals surface area contributed by atoms with Crippen LogP contribution in [0.5, 0.6) is 0 Å². The normalized spacial score (nSPS) is 23.5. The van der Waals surface area contributed by atoms with Gasteiger partial charge in [0.25, 0.3) is 0 Å². The van der Waals surface area contributed by atoms with Gasteiger partial charge >= 0.3 is 0 Å². The third-order valence-corrected chi connectivity index (χ3v) is 6.36. The second-order valence-electron chi connectivity index (χ2n) is 8.43. The number of unbranched alkanes of at least 4 members (excludes halogenated alkanes) is 12. The summed E-state index contributed by atoms with van der Waals surface area (Å²) in [4.78, 5) is 4.62. The SMILES string of the molecule is CCCCCCCCCCCCCC/C=C/CC1N=CC[N+]1(CC)C(C)O. The number of nitrogens with zero attached hydrogens (tertiary/aromatic N) is 2. The largest absolute Gasteiger partial charge is 0.345 e. The van der Waals surface area contributed by atoms with Crippen molar-refractivity contribution in [3.05, 3.63) is 12.2 Å². The van der Waals surface area contributed by atoms with Crippen LogP contribution in [0.15, 0.2) is 17.1 Å². The number of aliphatic hydroxyl groups is 1. The van der Waals surface area contributed by atoms with Crippen LogP contribution in [0.4, 0.5) is 0 Å². The number of quaternary nitrogens is 1. The molecule has 3 unspecified atom stereocenters. The maximum atomic E-state index is 10.2. The predicted octanol–water partition coefficient (Wildman–Crippen LogP) is 6.61. The minimum atomic E-state index is -0.341. The van der Waals surface area contributed by atoms with E-state index >= 15 is 0 Å². The van der Waals surface area contributed by atoms with E-state index in [0.717, 1.165) is 19.5 Å². The third kappa shape index (κ3) is 9.38. The Morgan fingerprint density at radius 1 is 0.926 bits per heavy atom. The molecule has 3 nitrogen and oxygen atoms in total. The Morgan fingerprint density at radius 3 is 2.00 bits per heavy atom. The summed E-state index contributed by atoms with van der Waals surface area (Å²) in [7, 11) is 0. The highest BCUT2D eigenvalue weighted by Gasteiger charge is 2.41. The van der Waals surface area contributed by atoms with Gasteiger partial charge in [-0.15, -0.1) is 0 Å². The predicted molar refractivity (Wildman–Crippen MR) is 119 cm³/mol. The molecule has 158 valence electrons. The quantitative estimate of drug-likeness (QED) is 0.172. The van der Waals surface area contributed by atoms with Gasteiger partial charge in [-0.25, -0.2) is 4.99 Å². The van der Waals surface area contributed by atoms with Crippen molar-refractivity contribution >= 4 is 6.21 Å². The van der Waals surface area contributed by atoms with Crippen LogP contribution in [-0.2, 0) is 0 Å². The minimum absolute atomic E-state index is 0.202. The van der Waals surface area contributed by atoms with E-state index in [1.54, 1.807) is 0 Å². The van der Waals surface area contributed by atoms with E-state index in [4.69, 9.17) is 0 Å². The summed E-state index contributed by atoms with van der Waals surface area (Å²) in [5.74, 6) is 0. The summed E-state index contributed by atoms with van der Waals surface area (Å²) in [6, 6.07) is 0. The average Bonchev–Trinajstić information content (AvgIpc) is 3.09. The molecule has 0 radical (unpaired) electrons. The van der Waals surface area contributed by atoms with Crippen LogP contribution < -0.4 is 0 Å². The Kier molecular flexibility index (Phi) is 13.8. The summed E-state index contributed by atoms with van der Waals surface area (Å²) in [5, 5.41) is 10.2. The van der Waals surface area contributed by atoms with Gasteiger partial charge in [0, 0.05) is 13.3 Å². The molecule has 0 spiro atoms. The van der Waals surface area contributed by atoms with Crippen molar-refractivity contribution < 1.29 is 9.59 Å². The van der Waals surface area contributed by atoms with E-state index in [0.29, 0.717) is 4.48 Å². The topological polar surface area (TPSA) is 32.6 Å². The number of aliphatic imine (C=N–C) groups is 1. The molecule has 0 amide bonds. The standard InChI is InChI=1S/C24H47N2O/c1-4-6-7-8-9-10-11-12-13-14-15-16-17-18-19-20-24-25-21-22-26(24,5-2)23(3)27/h18-19,21,23-24,27H,4-17,20,22H2,1-3H3/q+1/b19-18+. The van der Waals surface area contributed by atoms with Gasteiger partial charge in [-0.2, -0.15) is 0 Å². The lowest BCUT2D eigenvalue weighted by atomic mass is 10.0. The van der Waals surface area contributed by atoms with E-state index in [1.165, 1.54) is 83.5 Å². The minimum Gasteiger partial charge on any atom is -0.345 e.